The molecule has 0 aromatic heterocycles. The standard InChI is InChI=1S/C26H33N3O6/c1-24(2,3)35-23(33)28-12-10-26(11-13-28)20(34-26)15-4-5-17-16(14-15)25(8-9-25)22(32)29(17)18-6-7-19(30)27-21(18)31/h4-5,14,18,20-21,31H,6-13H2,1-3H3,(H,27,30). The minimum absolute atomic E-state index is 0.0296. The Morgan fingerprint density at radius 2 is 1.89 bits per heavy atom. The molecular formula is C26H33N3O6. The second kappa shape index (κ2) is 7.43. The first-order chi connectivity index (χ1) is 16.5. The van der Waals surface area contributed by atoms with E-state index in [9.17, 15) is 19.5 Å². The van der Waals surface area contributed by atoms with Gasteiger partial charge in [0.15, 0.2) is 0 Å². The average Bonchev–Trinajstić information content (AvgIpc) is 3.70. The highest BCUT2D eigenvalue weighted by atomic mass is 16.6. The van der Waals surface area contributed by atoms with Crippen molar-refractivity contribution in [2.24, 2.45) is 0 Å². The van der Waals surface area contributed by atoms with E-state index in [2.05, 4.69) is 11.4 Å². The lowest BCUT2D eigenvalue weighted by atomic mass is 9.88. The monoisotopic (exact) mass is 483 g/mol. The normalized spacial score (nSPS) is 30.3. The summed E-state index contributed by atoms with van der Waals surface area (Å²) in [6, 6.07) is 5.66. The number of nitrogens with zero attached hydrogens (tertiary/aromatic N) is 2. The van der Waals surface area contributed by atoms with Crippen molar-refractivity contribution in [2.45, 2.75) is 94.3 Å². The van der Waals surface area contributed by atoms with E-state index in [0.29, 0.717) is 25.9 Å². The molecule has 3 unspecified atom stereocenters. The summed E-state index contributed by atoms with van der Waals surface area (Å²) in [6.45, 7) is 6.80. The van der Waals surface area contributed by atoms with Gasteiger partial charge in [0.05, 0.1) is 11.5 Å². The zero-order chi connectivity index (χ0) is 24.8. The number of carbonyl (C=O) groups is 3. The molecule has 6 rings (SSSR count). The predicted molar refractivity (Wildman–Crippen MR) is 126 cm³/mol. The number of benzene rings is 1. The van der Waals surface area contributed by atoms with Crippen LogP contribution in [0.4, 0.5) is 10.5 Å². The van der Waals surface area contributed by atoms with E-state index in [1.165, 1.54) is 0 Å². The van der Waals surface area contributed by atoms with Gasteiger partial charge in [-0.3, -0.25) is 9.59 Å². The van der Waals surface area contributed by atoms with Gasteiger partial charge in [-0.05, 0) is 76.1 Å². The zero-order valence-electron chi connectivity index (χ0n) is 20.5. The van der Waals surface area contributed by atoms with Crippen LogP contribution in [-0.4, -0.2) is 64.5 Å². The summed E-state index contributed by atoms with van der Waals surface area (Å²) in [5.74, 6) is -0.159. The maximum Gasteiger partial charge on any atom is 0.410 e. The number of fused-ring (bicyclic) bond motifs is 2. The van der Waals surface area contributed by atoms with Gasteiger partial charge in [0.1, 0.15) is 23.5 Å². The van der Waals surface area contributed by atoms with Gasteiger partial charge in [-0.1, -0.05) is 6.07 Å². The number of anilines is 1. The molecule has 3 amide bonds. The van der Waals surface area contributed by atoms with Gasteiger partial charge in [-0.15, -0.1) is 0 Å². The molecule has 0 bridgehead atoms. The molecule has 1 aliphatic carbocycles. The molecule has 188 valence electrons. The summed E-state index contributed by atoms with van der Waals surface area (Å²) in [5.41, 5.74) is 1.63. The quantitative estimate of drug-likeness (QED) is 0.626. The van der Waals surface area contributed by atoms with Crippen molar-refractivity contribution in [1.82, 2.24) is 10.2 Å². The number of nitrogens with one attached hydrogen (secondary N) is 1. The fraction of sp³-hybridized carbons (Fsp3) is 0.654. The predicted octanol–water partition coefficient (Wildman–Crippen LogP) is 2.50. The van der Waals surface area contributed by atoms with Gasteiger partial charge in [0, 0.05) is 25.2 Å². The Morgan fingerprint density at radius 3 is 2.51 bits per heavy atom. The maximum absolute atomic E-state index is 13.5. The zero-order valence-corrected chi connectivity index (χ0v) is 20.5. The van der Waals surface area contributed by atoms with Crippen LogP contribution in [0.3, 0.4) is 0 Å². The van der Waals surface area contributed by atoms with E-state index in [4.69, 9.17) is 9.47 Å². The van der Waals surface area contributed by atoms with Crippen LogP contribution in [0, 0.1) is 0 Å². The lowest BCUT2D eigenvalue weighted by Crippen LogP contribution is -2.57. The molecule has 4 fully saturated rings. The van der Waals surface area contributed by atoms with Crippen molar-refractivity contribution in [1.29, 1.82) is 0 Å². The number of rotatable bonds is 2. The minimum atomic E-state index is -1.06. The van der Waals surface area contributed by atoms with Crippen molar-refractivity contribution in [3.63, 3.8) is 0 Å². The molecule has 4 aliphatic heterocycles. The fourth-order valence-corrected chi connectivity index (χ4v) is 6.09. The lowest BCUT2D eigenvalue weighted by molar-refractivity contribution is -0.129. The molecule has 1 saturated carbocycles. The highest BCUT2D eigenvalue weighted by Crippen LogP contribution is 2.61. The van der Waals surface area contributed by atoms with Crippen LogP contribution in [0.1, 0.15) is 76.5 Å². The number of epoxide rings is 1. The lowest BCUT2D eigenvalue weighted by Gasteiger charge is -2.35. The molecule has 3 saturated heterocycles. The van der Waals surface area contributed by atoms with Crippen LogP contribution in [-0.2, 0) is 24.5 Å². The van der Waals surface area contributed by atoms with E-state index in [1.807, 2.05) is 32.9 Å². The van der Waals surface area contributed by atoms with Crippen molar-refractivity contribution in [2.75, 3.05) is 18.0 Å². The molecule has 1 aromatic carbocycles. The smallest absolute Gasteiger partial charge is 0.410 e. The highest BCUT2D eigenvalue weighted by Gasteiger charge is 2.63. The molecule has 4 heterocycles. The molecule has 0 radical (unpaired) electrons. The number of hydrogen-bond donors (Lipinski definition) is 2. The van der Waals surface area contributed by atoms with Crippen molar-refractivity contribution in [3.8, 4) is 0 Å². The summed E-state index contributed by atoms with van der Waals surface area (Å²) >= 11 is 0. The van der Waals surface area contributed by atoms with Crippen LogP contribution in [0.5, 0.6) is 0 Å². The molecular weight excluding hydrogens is 450 g/mol. The van der Waals surface area contributed by atoms with Crippen LogP contribution in [0.25, 0.3) is 0 Å². The Balaban J connectivity index is 1.19. The van der Waals surface area contributed by atoms with Gasteiger partial charge in [0.25, 0.3) is 0 Å². The third-order valence-electron chi connectivity index (χ3n) is 8.18. The Bertz CT molecular complexity index is 1100. The Kier molecular flexibility index (Phi) is 4.84. The van der Waals surface area contributed by atoms with Crippen LogP contribution < -0.4 is 10.2 Å². The number of carbonyl (C=O) groups excluding carboxylic acids is 3. The average molecular weight is 484 g/mol. The second-order valence-electron chi connectivity index (χ2n) is 11.7. The van der Waals surface area contributed by atoms with Gasteiger partial charge in [-0.25, -0.2) is 4.79 Å². The molecule has 35 heavy (non-hydrogen) atoms. The molecule has 9 heteroatoms. The largest absolute Gasteiger partial charge is 0.444 e. The first-order valence-electron chi connectivity index (χ1n) is 12.6. The summed E-state index contributed by atoms with van der Waals surface area (Å²) in [6.07, 6.45) is 2.45. The van der Waals surface area contributed by atoms with E-state index in [1.54, 1.807) is 9.80 Å². The van der Waals surface area contributed by atoms with E-state index in [0.717, 1.165) is 42.5 Å². The van der Waals surface area contributed by atoms with Crippen molar-refractivity contribution >= 4 is 23.6 Å². The third kappa shape index (κ3) is 3.62. The number of ether oxygens (including phenoxy) is 2. The second-order valence-corrected chi connectivity index (χ2v) is 11.7. The molecule has 5 aliphatic rings. The SMILES string of the molecule is CC(C)(C)OC(=O)N1CCC2(CC1)OC2c1ccc2c(c1)C1(CC1)C(=O)N2C1CCC(=O)NC1O. The molecule has 9 nitrogen and oxygen atoms in total. The van der Waals surface area contributed by atoms with Crippen LogP contribution in [0.2, 0.25) is 0 Å². The summed E-state index contributed by atoms with van der Waals surface area (Å²) in [4.78, 5) is 41.1. The summed E-state index contributed by atoms with van der Waals surface area (Å²) < 4.78 is 11.8. The molecule has 2 spiro atoms. The van der Waals surface area contributed by atoms with Crippen LogP contribution in [0.15, 0.2) is 18.2 Å². The maximum atomic E-state index is 13.5. The highest BCUT2D eigenvalue weighted by molar-refractivity contribution is 6.10. The molecule has 2 N–H and O–H groups in total. The van der Waals surface area contributed by atoms with E-state index in [-0.39, 0.29) is 29.6 Å². The number of likely N-dealkylation sites (tertiary alicyclic amines) is 1. The van der Waals surface area contributed by atoms with Gasteiger partial charge < -0.3 is 29.7 Å². The fourth-order valence-electron chi connectivity index (χ4n) is 6.09. The minimum Gasteiger partial charge on any atom is -0.444 e. The number of amides is 3. The number of hydrogen-bond acceptors (Lipinski definition) is 6. The molecule has 1 aromatic rings. The van der Waals surface area contributed by atoms with E-state index < -0.39 is 23.3 Å². The van der Waals surface area contributed by atoms with Gasteiger partial charge in [0.2, 0.25) is 11.8 Å². The van der Waals surface area contributed by atoms with Gasteiger partial charge >= 0.3 is 6.09 Å². The summed E-state index contributed by atoms with van der Waals surface area (Å²) in [7, 11) is 0. The Hall–Kier alpha value is -2.65. The first-order valence-corrected chi connectivity index (χ1v) is 12.6. The number of piperidine rings is 2. The number of aliphatic hydroxyl groups excluding tert-OH is 1. The summed E-state index contributed by atoms with van der Waals surface area (Å²) in [5, 5.41) is 13.1. The number of aliphatic hydroxyl groups is 1. The molecule has 3 atom stereocenters. The van der Waals surface area contributed by atoms with Crippen LogP contribution >= 0.6 is 0 Å². The van der Waals surface area contributed by atoms with E-state index >= 15 is 0 Å². The third-order valence-corrected chi connectivity index (χ3v) is 8.18. The van der Waals surface area contributed by atoms with Crippen molar-refractivity contribution in [3.05, 3.63) is 29.3 Å². The Morgan fingerprint density at radius 1 is 1.17 bits per heavy atom. The Labute approximate surface area is 204 Å². The van der Waals surface area contributed by atoms with Crippen molar-refractivity contribution < 1.29 is 29.0 Å². The van der Waals surface area contributed by atoms with Gasteiger partial charge in [-0.2, -0.15) is 0 Å². The first kappa shape index (κ1) is 22.8. The topological polar surface area (TPSA) is 112 Å².